The van der Waals surface area contributed by atoms with Crippen LogP contribution in [-0.2, 0) is 20.9 Å². The lowest BCUT2D eigenvalue weighted by atomic mass is 9.79. The molecule has 0 aromatic heterocycles. The van der Waals surface area contributed by atoms with Gasteiger partial charge >= 0.3 is 0 Å². The Labute approximate surface area is 177 Å². The van der Waals surface area contributed by atoms with Gasteiger partial charge in [-0.1, -0.05) is 60.7 Å². The van der Waals surface area contributed by atoms with Crippen molar-refractivity contribution in [3.05, 3.63) is 84.0 Å². The van der Waals surface area contributed by atoms with E-state index in [0.29, 0.717) is 6.61 Å². The smallest absolute Gasteiger partial charge is 0.262 e. The monoisotopic (exact) mass is 427 g/mol. The van der Waals surface area contributed by atoms with E-state index in [1.165, 1.54) is 5.56 Å². The Morgan fingerprint density at radius 1 is 1.21 bits per heavy atom. The van der Waals surface area contributed by atoms with Crippen LogP contribution in [-0.4, -0.2) is 19.8 Å². The van der Waals surface area contributed by atoms with E-state index >= 15 is 0 Å². The molecule has 4 nitrogen and oxygen atoms in total. The molecular weight excluding hydrogens is 401 g/mol. The summed E-state index contributed by atoms with van der Waals surface area (Å²) in [6.07, 6.45) is 6.11. The van der Waals surface area contributed by atoms with Crippen molar-refractivity contribution in [2.75, 3.05) is 13.7 Å². The first-order valence-corrected chi connectivity index (χ1v) is 12.4. The standard InChI is InChI=1S/C23H26NO3PS/c1-4-17-13-14-20-19(11-8-12-22(20)25-3)21(17)15-26-28(29)24-16(2)23(27-28)18-9-6-5-7-10-18/h4-14,16-17,21,23H,1,15H2,2-3H3,(H,24,29). The molecule has 0 amide bonds. The second-order valence-electron chi connectivity index (χ2n) is 7.39. The Morgan fingerprint density at radius 2 is 2.00 bits per heavy atom. The van der Waals surface area contributed by atoms with Crippen molar-refractivity contribution in [3.8, 4) is 5.75 Å². The Bertz CT molecular complexity index is 962. The van der Waals surface area contributed by atoms with Gasteiger partial charge in [-0.25, -0.2) is 5.09 Å². The number of allylic oxidation sites excluding steroid dienone is 2. The quantitative estimate of drug-likeness (QED) is 0.480. The highest BCUT2D eigenvalue weighted by Crippen LogP contribution is 2.56. The molecule has 0 saturated carbocycles. The molecule has 1 N–H and O–H groups in total. The predicted octanol–water partition coefficient (Wildman–Crippen LogP) is 5.60. The van der Waals surface area contributed by atoms with Crippen molar-refractivity contribution >= 4 is 24.5 Å². The highest BCUT2D eigenvalue weighted by Gasteiger charge is 2.40. The van der Waals surface area contributed by atoms with Crippen LogP contribution in [0.2, 0.25) is 0 Å². The van der Waals surface area contributed by atoms with Crippen LogP contribution in [0.4, 0.5) is 0 Å². The molecule has 4 rings (SSSR count). The number of methoxy groups -OCH3 is 1. The maximum atomic E-state index is 6.28. The Kier molecular flexibility index (Phi) is 6.05. The van der Waals surface area contributed by atoms with Crippen LogP contribution in [0.3, 0.4) is 0 Å². The second-order valence-corrected chi connectivity index (χ2v) is 10.6. The van der Waals surface area contributed by atoms with Gasteiger partial charge in [0, 0.05) is 23.4 Å². The number of hydrogen-bond donors (Lipinski definition) is 1. The van der Waals surface area contributed by atoms with Gasteiger partial charge in [0.25, 0.3) is 6.64 Å². The third-order valence-electron chi connectivity index (χ3n) is 5.56. The van der Waals surface area contributed by atoms with Crippen LogP contribution in [0.15, 0.2) is 67.3 Å². The van der Waals surface area contributed by atoms with E-state index in [1.54, 1.807) is 7.11 Å². The van der Waals surface area contributed by atoms with Crippen LogP contribution in [0.1, 0.15) is 35.6 Å². The average molecular weight is 428 g/mol. The van der Waals surface area contributed by atoms with Gasteiger partial charge in [0.1, 0.15) is 11.9 Å². The van der Waals surface area contributed by atoms with Crippen LogP contribution in [0, 0.1) is 5.92 Å². The first kappa shape index (κ1) is 20.5. The van der Waals surface area contributed by atoms with E-state index < -0.39 is 6.64 Å². The summed E-state index contributed by atoms with van der Waals surface area (Å²) in [7, 11) is 1.69. The van der Waals surface area contributed by atoms with E-state index in [1.807, 2.05) is 36.4 Å². The van der Waals surface area contributed by atoms with Gasteiger partial charge in [-0.05, 0) is 35.9 Å². The number of nitrogens with one attached hydrogen (secondary N) is 1. The summed E-state index contributed by atoms with van der Waals surface area (Å²) in [5, 5.41) is 3.41. The van der Waals surface area contributed by atoms with Crippen LogP contribution in [0.5, 0.6) is 5.75 Å². The van der Waals surface area contributed by atoms with Crippen molar-refractivity contribution in [2.45, 2.75) is 25.0 Å². The molecule has 29 heavy (non-hydrogen) atoms. The first-order valence-electron chi connectivity index (χ1n) is 9.78. The SMILES string of the molecule is C=CC1C=Cc2c(OC)cccc2C1COP1(=S)NC(C)C(c2ccccc2)O1. The molecule has 6 heteroatoms. The van der Waals surface area contributed by atoms with E-state index in [-0.39, 0.29) is 24.0 Å². The van der Waals surface area contributed by atoms with E-state index in [9.17, 15) is 0 Å². The molecule has 2 aliphatic rings. The van der Waals surface area contributed by atoms with Crippen molar-refractivity contribution < 1.29 is 13.8 Å². The zero-order chi connectivity index (χ0) is 20.4. The fourth-order valence-corrected chi connectivity index (χ4v) is 6.81. The van der Waals surface area contributed by atoms with Crippen molar-refractivity contribution in [2.24, 2.45) is 5.92 Å². The molecule has 1 heterocycles. The number of rotatable bonds is 6. The molecule has 152 valence electrons. The minimum absolute atomic E-state index is 0.0945. The largest absolute Gasteiger partial charge is 0.496 e. The predicted molar refractivity (Wildman–Crippen MR) is 122 cm³/mol. The summed E-state index contributed by atoms with van der Waals surface area (Å²) in [6, 6.07) is 16.4. The summed E-state index contributed by atoms with van der Waals surface area (Å²) in [4.78, 5) is 0. The van der Waals surface area contributed by atoms with Crippen molar-refractivity contribution in [3.63, 3.8) is 0 Å². The van der Waals surface area contributed by atoms with E-state index in [0.717, 1.165) is 16.9 Å². The minimum Gasteiger partial charge on any atom is -0.496 e. The van der Waals surface area contributed by atoms with Gasteiger partial charge < -0.3 is 13.8 Å². The normalized spacial score (nSPS) is 30.7. The average Bonchev–Trinajstić information content (AvgIpc) is 3.06. The fourth-order valence-electron chi connectivity index (χ4n) is 4.06. The van der Waals surface area contributed by atoms with Crippen molar-refractivity contribution in [1.29, 1.82) is 0 Å². The van der Waals surface area contributed by atoms with Gasteiger partial charge in [0.05, 0.1) is 13.7 Å². The zero-order valence-corrected chi connectivity index (χ0v) is 18.4. The molecule has 1 aliphatic carbocycles. The zero-order valence-electron chi connectivity index (χ0n) is 16.7. The maximum absolute atomic E-state index is 6.28. The Balaban J connectivity index is 1.53. The Morgan fingerprint density at radius 3 is 2.72 bits per heavy atom. The molecule has 0 bridgehead atoms. The van der Waals surface area contributed by atoms with Crippen LogP contribution in [0.25, 0.3) is 6.08 Å². The molecule has 1 fully saturated rings. The molecule has 5 unspecified atom stereocenters. The molecular formula is C23H26NO3PS. The summed E-state index contributed by atoms with van der Waals surface area (Å²) in [5.74, 6) is 1.14. The van der Waals surface area contributed by atoms with Crippen molar-refractivity contribution in [1.82, 2.24) is 5.09 Å². The minimum atomic E-state index is -2.59. The van der Waals surface area contributed by atoms with E-state index in [4.69, 9.17) is 25.6 Å². The third kappa shape index (κ3) is 4.11. The molecule has 2 aromatic rings. The summed E-state index contributed by atoms with van der Waals surface area (Å²) < 4.78 is 18.1. The van der Waals surface area contributed by atoms with Gasteiger partial charge in [-0.3, -0.25) is 0 Å². The molecule has 2 aromatic carbocycles. The van der Waals surface area contributed by atoms with Crippen LogP contribution < -0.4 is 9.82 Å². The lowest BCUT2D eigenvalue weighted by molar-refractivity contribution is 0.189. The van der Waals surface area contributed by atoms with Gasteiger partial charge in [0.2, 0.25) is 0 Å². The topological polar surface area (TPSA) is 39.7 Å². The number of ether oxygens (including phenoxy) is 1. The maximum Gasteiger partial charge on any atom is 0.262 e. The first-order chi connectivity index (χ1) is 14.0. The number of hydrogen-bond acceptors (Lipinski definition) is 4. The molecule has 0 radical (unpaired) electrons. The molecule has 5 atom stereocenters. The van der Waals surface area contributed by atoms with Gasteiger partial charge in [0.15, 0.2) is 0 Å². The van der Waals surface area contributed by atoms with Crippen LogP contribution >= 0.6 is 6.64 Å². The lowest BCUT2D eigenvalue weighted by Gasteiger charge is -2.30. The summed E-state index contributed by atoms with van der Waals surface area (Å²) in [5.41, 5.74) is 3.39. The number of fused-ring (bicyclic) bond motifs is 1. The molecule has 1 saturated heterocycles. The highest BCUT2D eigenvalue weighted by atomic mass is 32.5. The second kappa shape index (κ2) is 8.55. The third-order valence-corrected chi connectivity index (χ3v) is 8.17. The summed E-state index contributed by atoms with van der Waals surface area (Å²) >= 11 is 5.80. The van der Waals surface area contributed by atoms with Gasteiger partial charge in [-0.2, -0.15) is 0 Å². The molecule has 1 aliphatic heterocycles. The Hall–Kier alpha value is -1.75. The van der Waals surface area contributed by atoms with E-state index in [2.05, 4.69) is 48.9 Å². The fraction of sp³-hybridized carbons (Fsp3) is 0.304. The lowest BCUT2D eigenvalue weighted by Crippen LogP contribution is -2.22. The summed E-state index contributed by atoms with van der Waals surface area (Å²) in [6.45, 7) is 3.97. The van der Waals surface area contributed by atoms with Gasteiger partial charge in [-0.15, -0.1) is 6.58 Å². The molecule has 0 spiro atoms. The number of benzene rings is 2. The highest BCUT2D eigenvalue weighted by molar-refractivity contribution is 8.09.